The van der Waals surface area contributed by atoms with Crippen LogP contribution in [0, 0.1) is 5.92 Å². The fraction of sp³-hybridized carbons (Fsp3) is 0.158. The number of nitrogens with zero attached hydrogens (tertiary/aromatic N) is 2. The van der Waals surface area contributed by atoms with Crippen molar-refractivity contribution in [2.24, 2.45) is 5.92 Å². The van der Waals surface area contributed by atoms with E-state index in [1.54, 1.807) is 4.40 Å². The lowest BCUT2D eigenvalue weighted by Crippen LogP contribution is -2.26. The second kappa shape index (κ2) is 6.17. The van der Waals surface area contributed by atoms with Crippen molar-refractivity contribution in [1.29, 1.82) is 0 Å². The maximum Gasteiger partial charge on any atom is 0.274 e. The van der Waals surface area contributed by atoms with Crippen molar-refractivity contribution in [3.8, 4) is 0 Å². The zero-order valence-corrected chi connectivity index (χ0v) is 15.2. The molecular formula is C19H15ClN4OS. The quantitative estimate of drug-likeness (QED) is 0.559. The Morgan fingerprint density at radius 1 is 1.19 bits per heavy atom. The van der Waals surface area contributed by atoms with Gasteiger partial charge in [-0.25, -0.2) is 14.8 Å². The van der Waals surface area contributed by atoms with Crippen LogP contribution in [0.4, 0.5) is 0 Å². The Morgan fingerprint density at radius 2 is 2.00 bits per heavy atom. The van der Waals surface area contributed by atoms with Gasteiger partial charge in [-0.05, 0) is 29.8 Å². The van der Waals surface area contributed by atoms with Gasteiger partial charge in [0.15, 0.2) is 4.96 Å². The highest BCUT2D eigenvalue weighted by molar-refractivity contribution is 7.15. The Morgan fingerprint density at radius 3 is 2.85 bits per heavy atom. The molecule has 2 N–H and O–H groups in total. The number of nitrogens with one attached hydrogen (secondary N) is 2. The summed E-state index contributed by atoms with van der Waals surface area (Å²) >= 11 is 7.44. The number of hydrogen-bond donors (Lipinski definition) is 2. The van der Waals surface area contributed by atoms with Gasteiger partial charge in [0.2, 0.25) is 0 Å². The maximum atomic E-state index is 12.9. The van der Waals surface area contributed by atoms with Gasteiger partial charge in [-0.3, -0.25) is 10.2 Å². The first kappa shape index (κ1) is 16.0. The van der Waals surface area contributed by atoms with Crippen LogP contribution < -0.4 is 20.9 Å². The molecule has 1 saturated heterocycles. The Balaban J connectivity index is 1.60. The molecule has 0 bridgehead atoms. The fourth-order valence-electron chi connectivity index (χ4n) is 3.49. The molecule has 5 nitrogen and oxygen atoms in total. The van der Waals surface area contributed by atoms with Crippen LogP contribution in [0.3, 0.4) is 0 Å². The first-order chi connectivity index (χ1) is 12.7. The molecule has 1 fully saturated rings. The van der Waals surface area contributed by atoms with Crippen LogP contribution in [-0.2, 0) is 0 Å². The highest BCUT2D eigenvalue weighted by atomic mass is 35.5. The zero-order chi connectivity index (χ0) is 17.7. The number of hydrogen-bond acceptors (Lipinski definition) is 5. The van der Waals surface area contributed by atoms with E-state index in [0.29, 0.717) is 5.02 Å². The topological polar surface area (TPSA) is 58.4 Å². The predicted octanol–water partition coefficient (Wildman–Crippen LogP) is 2.53. The first-order valence-corrected chi connectivity index (χ1v) is 9.56. The molecule has 1 aliphatic rings. The van der Waals surface area contributed by atoms with Gasteiger partial charge < -0.3 is 0 Å². The summed E-state index contributed by atoms with van der Waals surface area (Å²) in [7, 11) is 0. The van der Waals surface area contributed by atoms with Crippen molar-refractivity contribution in [2.45, 2.75) is 6.04 Å². The Bertz CT molecular complexity index is 1210. The van der Waals surface area contributed by atoms with Crippen LogP contribution in [0.5, 0.6) is 0 Å². The van der Waals surface area contributed by atoms with Gasteiger partial charge in [-0.2, -0.15) is 0 Å². The first-order valence-electron chi connectivity index (χ1n) is 8.36. The van der Waals surface area contributed by atoms with Crippen molar-refractivity contribution < 1.29 is 0 Å². The van der Waals surface area contributed by atoms with Crippen LogP contribution >= 0.6 is 22.9 Å². The summed E-state index contributed by atoms with van der Waals surface area (Å²) in [5.41, 5.74) is 9.35. The molecule has 7 heteroatoms. The third-order valence-electron chi connectivity index (χ3n) is 4.76. The van der Waals surface area contributed by atoms with Gasteiger partial charge in [0.25, 0.3) is 5.56 Å². The number of aromatic nitrogens is 2. The number of thiazole rings is 1. The SMILES string of the molecule is O=c1/c(=C/C2CNNC2c2ccc(Cl)cc2)sc2nc3ccccc3n12. The average Bonchev–Trinajstić information content (AvgIpc) is 3.32. The lowest BCUT2D eigenvalue weighted by Gasteiger charge is -2.15. The van der Waals surface area contributed by atoms with Gasteiger partial charge in [0.1, 0.15) is 0 Å². The number of hydrazine groups is 1. The van der Waals surface area contributed by atoms with Crippen molar-refractivity contribution >= 4 is 45.0 Å². The molecule has 2 atom stereocenters. The van der Waals surface area contributed by atoms with E-state index in [4.69, 9.17) is 11.6 Å². The van der Waals surface area contributed by atoms with Crippen LogP contribution in [0.2, 0.25) is 5.02 Å². The molecule has 0 radical (unpaired) electrons. The van der Waals surface area contributed by atoms with E-state index in [-0.39, 0.29) is 17.5 Å². The normalized spacial score (nSPS) is 21.2. The molecular weight excluding hydrogens is 368 g/mol. The number of fused-ring (bicyclic) bond motifs is 3. The van der Waals surface area contributed by atoms with Gasteiger partial charge in [0, 0.05) is 17.5 Å². The second-order valence-corrected chi connectivity index (χ2v) is 7.82. The third kappa shape index (κ3) is 2.54. The van der Waals surface area contributed by atoms with Crippen molar-refractivity contribution in [3.63, 3.8) is 0 Å². The molecule has 2 aromatic heterocycles. The van der Waals surface area contributed by atoms with Crippen LogP contribution in [0.1, 0.15) is 11.6 Å². The van der Waals surface area contributed by atoms with Crippen LogP contribution in [-0.4, -0.2) is 15.9 Å². The molecule has 2 aromatic carbocycles. The van der Waals surface area contributed by atoms with Gasteiger partial charge in [0.05, 0.1) is 21.6 Å². The number of halogens is 1. The summed E-state index contributed by atoms with van der Waals surface area (Å²) in [6.45, 7) is 0.758. The predicted molar refractivity (Wildman–Crippen MR) is 105 cm³/mol. The van der Waals surface area contributed by atoms with E-state index >= 15 is 0 Å². The maximum absolute atomic E-state index is 12.9. The monoisotopic (exact) mass is 382 g/mol. The van der Waals surface area contributed by atoms with E-state index < -0.39 is 0 Å². The average molecular weight is 383 g/mol. The molecule has 130 valence electrons. The molecule has 2 unspecified atom stereocenters. The largest absolute Gasteiger partial charge is 0.274 e. The molecule has 1 aliphatic heterocycles. The minimum absolute atomic E-state index is 0.000422. The van der Waals surface area contributed by atoms with E-state index in [1.165, 1.54) is 11.3 Å². The molecule has 3 heterocycles. The van der Waals surface area contributed by atoms with Gasteiger partial charge in [-0.15, -0.1) is 0 Å². The lowest BCUT2D eigenvalue weighted by atomic mass is 9.95. The lowest BCUT2D eigenvalue weighted by molar-refractivity contribution is 0.551. The number of benzene rings is 2. The summed E-state index contributed by atoms with van der Waals surface area (Å²) in [5, 5.41) is 0.716. The third-order valence-corrected chi connectivity index (χ3v) is 6.00. The van der Waals surface area contributed by atoms with E-state index in [9.17, 15) is 4.79 Å². The molecule has 5 rings (SSSR count). The fourth-order valence-corrected chi connectivity index (χ4v) is 4.65. The van der Waals surface area contributed by atoms with Crippen LogP contribution in [0.25, 0.3) is 22.1 Å². The molecule has 4 aromatic rings. The van der Waals surface area contributed by atoms with E-state index in [0.717, 1.165) is 32.6 Å². The van der Waals surface area contributed by atoms with Gasteiger partial charge >= 0.3 is 0 Å². The van der Waals surface area contributed by atoms with Crippen molar-refractivity contribution in [2.75, 3.05) is 6.54 Å². The number of rotatable bonds is 2. The molecule has 0 amide bonds. The molecule has 26 heavy (non-hydrogen) atoms. The standard InChI is InChI=1S/C19H15ClN4OS/c20-13-7-5-11(6-8-13)17-12(10-21-23-17)9-16-18(25)24-15-4-2-1-3-14(15)22-19(24)26-16/h1-9,12,17,21,23H,10H2/b16-9-. The van der Waals surface area contributed by atoms with Gasteiger partial charge in [-0.1, -0.05) is 53.3 Å². The second-order valence-electron chi connectivity index (χ2n) is 6.37. The Hall–Kier alpha value is -2.25. The summed E-state index contributed by atoms with van der Waals surface area (Å²) < 4.78 is 2.44. The van der Waals surface area contributed by atoms with E-state index in [1.807, 2.05) is 48.5 Å². The molecule has 0 spiro atoms. The summed E-state index contributed by atoms with van der Waals surface area (Å²) in [5.74, 6) is 0.165. The molecule has 0 saturated carbocycles. The van der Waals surface area contributed by atoms with Crippen LogP contribution in [0.15, 0.2) is 53.3 Å². The summed E-state index contributed by atoms with van der Waals surface area (Å²) in [6, 6.07) is 15.6. The number of para-hydroxylation sites is 2. The highest BCUT2D eigenvalue weighted by Gasteiger charge is 2.27. The summed E-state index contributed by atoms with van der Waals surface area (Å²) in [6.07, 6.45) is 2.06. The highest BCUT2D eigenvalue weighted by Crippen LogP contribution is 2.27. The summed E-state index contributed by atoms with van der Waals surface area (Å²) in [4.78, 5) is 18.2. The minimum atomic E-state index is 0.000422. The Kier molecular flexibility index (Phi) is 3.79. The molecule has 0 aliphatic carbocycles. The van der Waals surface area contributed by atoms with E-state index in [2.05, 4.69) is 21.9 Å². The smallest absolute Gasteiger partial charge is 0.267 e. The van der Waals surface area contributed by atoms with Crippen molar-refractivity contribution in [1.82, 2.24) is 20.2 Å². The minimum Gasteiger partial charge on any atom is -0.267 e. The number of imidazole rings is 1. The van der Waals surface area contributed by atoms with Crippen molar-refractivity contribution in [3.05, 3.63) is 74.0 Å². The Labute approximate surface area is 157 Å². The zero-order valence-electron chi connectivity index (χ0n) is 13.6.